The fourth-order valence-corrected chi connectivity index (χ4v) is 19.6. The van der Waals surface area contributed by atoms with E-state index in [-0.39, 0.29) is 24.8 Å². The van der Waals surface area contributed by atoms with Crippen LogP contribution in [-0.2, 0) is 47.0 Å². The third kappa shape index (κ3) is 12.6. The summed E-state index contributed by atoms with van der Waals surface area (Å²) >= 11 is 1.29. The van der Waals surface area contributed by atoms with Gasteiger partial charge >= 0.3 is 67.1 Å². The first-order valence-electron chi connectivity index (χ1n) is 29.6. The van der Waals surface area contributed by atoms with Gasteiger partial charge in [-0.1, -0.05) is 136 Å². The Morgan fingerprint density at radius 2 is 0.853 bits per heavy atom. The Bertz CT molecular complexity index is 2610. The number of benzene rings is 4. The SMILES string of the molecule is C[Si](=[Zr+2])CCC(F)(F)F.[Cl-].[Cl-].c1cc(-c2ccc(C34CC5CC(CC(C5)C3)C4)cc2)c2cc(CC3CCCCC3)[cH-]c2c1.c1cc(-c2ccc(C34CC5CC(CC(C5)C3)C4)cc2)c2cc(CC3CCCCC3)[cH-]c2c1. The zero-order valence-electron chi connectivity index (χ0n) is 44.8. The van der Waals surface area contributed by atoms with Gasteiger partial charge in [0.25, 0.3) is 0 Å². The molecule has 0 amide bonds. The predicted octanol–water partition coefficient (Wildman–Crippen LogP) is 13.7. The van der Waals surface area contributed by atoms with E-state index in [0.717, 1.165) is 47.3 Å². The maximum Gasteiger partial charge on any atom is -0.00391 e. The van der Waals surface area contributed by atoms with Crippen LogP contribution in [0.3, 0.4) is 0 Å². The predicted molar refractivity (Wildman–Crippen MR) is 297 cm³/mol. The minimum atomic E-state index is -3.93. The maximum atomic E-state index is 11.4. The summed E-state index contributed by atoms with van der Waals surface area (Å²) in [6, 6.07) is 43.9. The Morgan fingerprint density at radius 3 is 1.16 bits per heavy atom. The molecule has 0 unspecified atom stereocenters. The molecule has 0 spiro atoms. The summed E-state index contributed by atoms with van der Waals surface area (Å²) in [5.41, 5.74) is 12.5. The molecular formula is C68H81Cl2F3SiZr-2. The second-order valence-electron chi connectivity index (χ2n) is 26.2. The van der Waals surface area contributed by atoms with Crippen molar-refractivity contribution in [2.75, 3.05) is 0 Å². The Morgan fingerprint density at radius 1 is 0.507 bits per heavy atom. The van der Waals surface area contributed by atoms with Gasteiger partial charge in [-0.25, -0.2) is 0 Å². The van der Waals surface area contributed by atoms with Gasteiger partial charge in [-0.05, 0) is 170 Å². The van der Waals surface area contributed by atoms with E-state index in [9.17, 15) is 13.2 Å². The third-order valence-electron chi connectivity index (χ3n) is 20.6. The van der Waals surface area contributed by atoms with Crippen LogP contribution in [0.25, 0.3) is 43.8 Å². The molecule has 7 heteroatoms. The molecule has 0 heterocycles. The number of hydrogen-bond acceptors (Lipinski definition) is 0. The van der Waals surface area contributed by atoms with Gasteiger partial charge in [0, 0.05) is 0 Å². The molecule has 398 valence electrons. The summed E-state index contributed by atoms with van der Waals surface area (Å²) in [7, 11) is 0. The Balaban J connectivity index is 0.000000144. The van der Waals surface area contributed by atoms with Gasteiger partial charge in [0.2, 0.25) is 0 Å². The summed E-state index contributed by atoms with van der Waals surface area (Å²) in [5, 5.41) is 5.78. The molecule has 0 saturated heterocycles. The molecule has 10 aliphatic carbocycles. The van der Waals surface area contributed by atoms with Crippen LogP contribution in [0.2, 0.25) is 12.6 Å². The molecule has 6 aromatic carbocycles. The van der Waals surface area contributed by atoms with Crippen molar-refractivity contribution in [1.29, 1.82) is 0 Å². The fraction of sp³-hybridized carbons (Fsp3) is 0.559. The molecule has 0 radical (unpaired) electrons. The van der Waals surface area contributed by atoms with E-state index >= 15 is 0 Å². The summed E-state index contributed by atoms with van der Waals surface area (Å²) in [5.74, 6) is 7.90. The van der Waals surface area contributed by atoms with E-state index in [1.54, 1.807) is 22.3 Å². The van der Waals surface area contributed by atoms with Crippen LogP contribution in [0.1, 0.15) is 170 Å². The van der Waals surface area contributed by atoms with E-state index < -0.39 is 18.0 Å². The minimum absolute atomic E-state index is 0. The average Bonchev–Trinajstić information content (AvgIpc) is 3.99. The van der Waals surface area contributed by atoms with Gasteiger partial charge < -0.3 is 24.8 Å². The van der Waals surface area contributed by atoms with Crippen molar-refractivity contribution < 1.29 is 61.3 Å². The van der Waals surface area contributed by atoms with E-state index in [0.29, 0.717) is 16.9 Å². The van der Waals surface area contributed by atoms with Crippen molar-refractivity contribution >= 4 is 27.0 Å². The molecule has 0 N–H and O–H groups in total. The zero-order valence-corrected chi connectivity index (χ0v) is 49.8. The maximum absolute atomic E-state index is 11.4. The van der Waals surface area contributed by atoms with Gasteiger partial charge in [0.15, 0.2) is 0 Å². The van der Waals surface area contributed by atoms with E-state index in [1.165, 1.54) is 221 Å². The number of hydrogen-bond donors (Lipinski definition) is 0. The number of rotatable bonds is 10. The average molecular weight is 1150 g/mol. The molecule has 0 atom stereocenters. The normalized spacial score (nSPS) is 28.8. The van der Waals surface area contributed by atoms with Crippen molar-refractivity contribution in [2.24, 2.45) is 47.3 Å². The smallest absolute Gasteiger partial charge is 0.00391 e. The largest absolute Gasteiger partial charge is 1.00 e. The van der Waals surface area contributed by atoms with Gasteiger partial charge in [-0.2, -0.15) is 12.1 Å². The number of halogens is 5. The Hall–Kier alpha value is -2.43. The van der Waals surface area contributed by atoms with Crippen molar-refractivity contribution in [3.05, 3.63) is 131 Å². The number of alkyl halides is 3. The molecule has 0 aromatic heterocycles. The molecule has 75 heavy (non-hydrogen) atoms. The van der Waals surface area contributed by atoms with Crippen LogP contribution in [0.5, 0.6) is 0 Å². The van der Waals surface area contributed by atoms with Crippen LogP contribution in [0, 0.1) is 47.3 Å². The first-order chi connectivity index (χ1) is 35.4. The third-order valence-corrected chi connectivity index (χ3v) is 23.4. The Kier molecular flexibility index (Phi) is 17.7. The molecule has 6 aromatic rings. The summed E-state index contributed by atoms with van der Waals surface area (Å²) in [6.45, 7) is 1.93. The Labute approximate surface area is 475 Å². The topological polar surface area (TPSA) is 0 Å². The van der Waals surface area contributed by atoms with Crippen molar-refractivity contribution in [3.8, 4) is 22.3 Å². The van der Waals surface area contributed by atoms with Gasteiger partial charge in [0.05, 0.1) is 0 Å². The number of fused-ring (bicyclic) bond motifs is 2. The van der Waals surface area contributed by atoms with Crippen LogP contribution < -0.4 is 24.8 Å². The van der Waals surface area contributed by atoms with Gasteiger partial charge in [0.1, 0.15) is 0 Å². The summed E-state index contributed by atoms with van der Waals surface area (Å²) in [6.07, 6.45) is 30.3. The zero-order chi connectivity index (χ0) is 49.7. The molecule has 16 rings (SSSR count). The van der Waals surface area contributed by atoms with Crippen molar-refractivity contribution in [3.63, 3.8) is 0 Å². The van der Waals surface area contributed by atoms with Crippen LogP contribution in [0.15, 0.2) is 109 Å². The van der Waals surface area contributed by atoms with Crippen LogP contribution in [0.4, 0.5) is 13.2 Å². The van der Waals surface area contributed by atoms with E-state index in [1.807, 2.05) is 6.55 Å². The van der Waals surface area contributed by atoms with E-state index in [4.69, 9.17) is 0 Å². The standard InChI is InChI=1S/2C32H37.C4H7F3Si.2ClH.Zr/c2*1-2-5-22(6-3-1)13-23-17-28-7-4-8-30(31(28)18-23)27-9-11-29(12-10-27)32-19-24-14-25(20-32)16-26(15-24)21-32;1-8-3-2-4(5,6)7;;;/h2*4,7-12,17-18,22,24-26H,1-3,5-6,13-16,19-21H2;2-3H2,1H3;2*1H;/q2*-1;;;;+2/p-2. The van der Waals surface area contributed by atoms with Crippen molar-refractivity contribution in [2.45, 2.75) is 190 Å². The van der Waals surface area contributed by atoms with E-state index in [2.05, 4.69) is 109 Å². The molecule has 10 fully saturated rings. The minimum Gasteiger partial charge on any atom is -1.00 e. The molecule has 10 aliphatic rings. The second-order valence-corrected chi connectivity index (χ2v) is 34.6. The quantitative estimate of drug-likeness (QED) is 0.0947. The van der Waals surface area contributed by atoms with Gasteiger partial charge in [-0.15, -0.1) is 69.1 Å². The first kappa shape index (κ1) is 55.9. The summed E-state index contributed by atoms with van der Waals surface area (Å²) < 4.78 is 34.3. The molecule has 0 nitrogen and oxygen atoms in total. The molecule has 8 bridgehead atoms. The first-order valence-corrected chi connectivity index (χ1v) is 35.5. The fourth-order valence-electron chi connectivity index (χ4n) is 18.0. The molecule has 0 aliphatic heterocycles. The molecular weight excluding hydrogens is 1060 g/mol. The summed E-state index contributed by atoms with van der Waals surface area (Å²) in [4.78, 5) is 0. The van der Waals surface area contributed by atoms with Crippen LogP contribution >= 0.6 is 0 Å². The van der Waals surface area contributed by atoms with Crippen LogP contribution in [-0.4, -0.2) is 11.6 Å². The monoisotopic (exact) mass is 1140 g/mol. The second kappa shape index (κ2) is 23.7. The van der Waals surface area contributed by atoms with Crippen molar-refractivity contribution in [1.82, 2.24) is 0 Å². The molecule has 10 saturated carbocycles. The van der Waals surface area contributed by atoms with Gasteiger partial charge in [-0.3, -0.25) is 0 Å².